The van der Waals surface area contributed by atoms with Crippen LogP contribution in [0.1, 0.15) is 33.5 Å². The average Bonchev–Trinajstić information content (AvgIpc) is 2.58. The standard InChI is InChI=1S/C19H18F3NO3/c1-12-6-8-16(13(10-12)7-9-17(24)25)23(2)18(26)14-4-3-5-15(11-14)19(20,21)22/h3-6,8,10-11H,7,9H2,1-2H3,(H,24,25). The molecule has 2 rings (SSSR count). The van der Waals surface area contributed by atoms with E-state index in [4.69, 9.17) is 5.11 Å². The topological polar surface area (TPSA) is 57.6 Å². The molecule has 0 atom stereocenters. The van der Waals surface area contributed by atoms with Crippen molar-refractivity contribution in [2.24, 2.45) is 0 Å². The molecule has 0 aliphatic rings. The van der Waals surface area contributed by atoms with Crippen LogP contribution in [0, 0.1) is 6.92 Å². The molecule has 0 saturated carbocycles. The van der Waals surface area contributed by atoms with Gasteiger partial charge in [-0.25, -0.2) is 0 Å². The first kappa shape index (κ1) is 19.5. The maximum atomic E-state index is 12.9. The van der Waals surface area contributed by atoms with Crippen LogP contribution in [0.15, 0.2) is 42.5 Å². The van der Waals surface area contributed by atoms with Gasteiger partial charge in [-0.3, -0.25) is 9.59 Å². The highest BCUT2D eigenvalue weighted by Crippen LogP contribution is 2.30. The number of rotatable bonds is 5. The SMILES string of the molecule is Cc1ccc(N(C)C(=O)c2cccc(C(F)(F)F)c2)c(CCC(=O)O)c1. The molecule has 1 N–H and O–H groups in total. The Morgan fingerprint density at radius 1 is 1.12 bits per heavy atom. The molecule has 0 heterocycles. The second-order valence-electron chi connectivity index (χ2n) is 5.97. The largest absolute Gasteiger partial charge is 0.481 e. The summed E-state index contributed by atoms with van der Waals surface area (Å²) >= 11 is 0. The molecule has 0 saturated heterocycles. The number of hydrogen-bond donors (Lipinski definition) is 1. The number of carboxylic acid groups (broad SMARTS) is 1. The van der Waals surface area contributed by atoms with Gasteiger partial charge in [-0.2, -0.15) is 13.2 Å². The van der Waals surface area contributed by atoms with Crippen LogP contribution < -0.4 is 4.90 Å². The Morgan fingerprint density at radius 2 is 1.81 bits per heavy atom. The molecule has 0 aliphatic carbocycles. The first-order valence-electron chi connectivity index (χ1n) is 7.86. The second kappa shape index (κ2) is 7.59. The number of carbonyl (C=O) groups excluding carboxylic acids is 1. The van der Waals surface area contributed by atoms with E-state index < -0.39 is 23.6 Å². The summed E-state index contributed by atoms with van der Waals surface area (Å²) in [6, 6.07) is 9.41. The third-order valence-corrected chi connectivity index (χ3v) is 3.95. The van der Waals surface area contributed by atoms with E-state index in [1.807, 2.05) is 6.92 Å². The minimum absolute atomic E-state index is 0.0907. The summed E-state index contributed by atoms with van der Waals surface area (Å²) in [5, 5.41) is 8.88. The molecule has 2 aromatic carbocycles. The zero-order valence-electron chi connectivity index (χ0n) is 14.3. The highest BCUT2D eigenvalue weighted by atomic mass is 19.4. The average molecular weight is 365 g/mol. The number of aryl methyl sites for hydroxylation is 2. The smallest absolute Gasteiger partial charge is 0.416 e. The molecule has 0 spiro atoms. The van der Waals surface area contributed by atoms with Crippen molar-refractivity contribution in [1.82, 2.24) is 0 Å². The van der Waals surface area contributed by atoms with Gasteiger partial charge in [0.15, 0.2) is 0 Å². The van der Waals surface area contributed by atoms with Crippen LogP contribution >= 0.6 is 0 Å². The summed E-state index contributed by atoms with van der Waals surface area (Å²) in [7, 11) is 1.46. The van der Waals surface area contributed by atoms with Gasteiger partial charge >= 0.3 is 12.1 Å². The molecule has 0 bridgehead atoms. The lowest BCUT2D eigenvalue weighted by atomic mass is 10.0. The van der Waals surface area contributed by atoms with Crippen molar-refractivity contribution in [3.8, 4) is 0 Å². The molecule has 0 unspecified atom stereocenters. The highest BCUT2D eigenvalue weighted by Gasteiger charge is 2.31. The molecule has 1 amide bonds. The molecule has 7 heteroatoms. The van der Waals surface area contributed by atoms with Crippen LogP contribution in [0.25, 0.3) is 0 Å². The first-order valence-corrected chi connectivity index (χ1v) is 7.86. The number of hydrogen-bond acceptors (Lipinski definition) is 2. The van der Waals surface area contributed by atoms with Crippen LogP contribution in [0.2, 0.25) is 0 Å². The Morgan fingerprint density at radius 3 is 2.42 bits per heavy atom. The van der Waals surface area contributed by atoms with Crippen molar-refractivity contribution >= 4 is 17.6 Å². The lowest BCUT2D eigenvalue weighted by Gasteiger charge is -2.22. The van der Waals surface area contributed by atoms with E-state index in [9.17, 15) is 22.8 Å². The molecule has 2 aromatic rings. The van der Waals surface area contributed by atoms with Gasteiger partial charge in [-0.1, -0.05) is 23.8 Å². The molecule has 0 radical (unpaired) electrons. The molecular formula is C19H18F3NO3. The lowest BCUT2D eigenvalue weighted by molar-refractivity contribution is -0.138. The Hall–Kier alpha value is -2.83. The zero-order valence-corrected chi connectivity index (χ0v) is 14.3. The molecule has 138 valence electrons. The fourth-order valence-corrected chi connectivity index (χ4v) is 2.61. The van der Waals surface area contributed by atoms with Crippen LogP contribution in [0.4, 0.5) is 18.9 Å². The van der Waals surface area contributed by atoms with Gasteiger partial charge in [0.1, 0.15) is 0 Å². The molecule has 26 heavy (non-hydrogen) atoms. The van der Waals surface area contributed by atoms with E-state index in [1.165, 1.54) is 24.1 Å². The van der Waals surface area contributed by atoms with Gasteiger partial charge in [0.25, 0.3) is 5.91 Å². The van der Waals surface area contributed by atoms with Crippen molar-refractivity contribution < 1.29 is 27.9 Å². The predicted molar refractivity (Wildman–Crippen MR) is 91.3 cm³/mol. The number of halogens is 3. The normalized spacial score (nSPS) is 11.3. The Balaban J connectivity index is 2.35. The van der Waals surface area contributed by atoms with Crippen molar-refractivity contribution in [2.45, 2.75) is 25.9 Å². The van der Waals surface area contributed by atoms with E-state index in [-0.39, 0.29) is 18.4 Å². The van der Waals surface area contributed by atoms with Crippen LogP contribution in [0.3, 0.4) is 0 Å². The number of nitrogens with zero attached hydrogens (tertiary/aromatic N) is 1. The van der Waals surface area contributed by atoms with Gasteiger partial charge in [-0.05, 0) is 43.2 Å². The van der Waals surface area contributed by atoms with Crippen molar-refractivity contribution in [1.29, 1.82) is 0 Å². The van der Waals surface area contributed by atoms with E-state index in [1.54, 1.807) is 18.2 Å². The van der Waals surface area contributed by atoms with Crippen molar-refractivity contribution in [2.75, 3.05) is 11.9 Å². The number of amides is 1. The van der Waals surface area contributed by atoms with Gasteiger partial charge in [0, 0.05) is 24.7 Å². The van der Waals surface area contributed by atoms with E-state index >= 15 is 0 Å². The van der Waals surface area contributed by atoms with Crippen LogP contribution in [-0.4, -0.2) is 24.0 Å². The van der Waals surface area contributed by atoms with Crippen molar-refractivity contribution in [3.05, 3.63) is 64.7 Å². The maximum Gasteiger partial charge on any atom is 0.416 e. The minimum atomic E-state index is -4.54. The molecular weight excluding hydrogens is 347 g/mol. The number of alkyl halides is 3. The molecule has 4 nitrogen and oxygen atoms in total. The number of benzene rings is 2. The third-order valence-electron chi connectivity index (χ3n) is 3.95. The van der Waals surface area contributed by atoms with Gasteiger partial charge in [0.2, 0.25) is 0 Å². The van der Waals surface area contributed by atoms with Gasteiger partial charge in [-0.15, -0.1) is 0 Å². The predicted octanol–water partition coefficient (Wildman–Crippen LogP) is 4.31. The quantitative estimate of drug-likeness (QED) is 0.859. The summed E-state index contributed by atoms with van der Waals surface area (Å²) in [6.45, 7) is 1.84. The van der Waals surface area contributed by atoms with E-state index in [2.05, 4.69) is 0 Å². The minimum Gasteiger partial charge on any atom is -0.481 e. The first-order chi connectivity index (χ1) is 12.1. The monoisotopic (exact) mass is 365 g/mol. The highest BCUT2D eigenvalue weighted by molar-refractivity contribution is 6.06. The number of carbonyl (C=O) groups is 2. The summed E-state index contributed by atoms with van der Waals surface area (Å²) in [4.78, 5) is 24.7. The lowest BCUT2D eigenvalue weighted by Crippen LogP contribution is -2.27. The van der Waals surface area contributed by atoms with Crippen molar-refractivity contribution in [3.63, 3.8) is 0 Å². The Bertz CT molecular complexity index is 831. The van der Waals surface area contributed by atoms with Crippen LogP contribution in [-0.2, 0) is 17.4 Å². The van der Waals surface area contributed by atoms with Gasteiger partial charge in [0.05, 0.1) is 5.56 Å². The Kier molecular flexibility index (Phi) is 5.69. The summed E-state index contributed by atoms with van der Waals surface area (Å²) < 4.78 is 38.6. The maximum absolute atomic E-state index is 12.9. The summed E-state index contributed by atoms with van der Waals surface area (Å²) in [5.74, 6) is -1.57. The molecule has 0 aliphatic heterocycles. The number of carboxylic acids is 1. The number of aliphatic carboxylic acids is 1. The van der Waals surface area contributed by atoms with E-state index in [0.29, 0.717) is 11.3 Å². The third kappa shape index (κ3) is 4.62. The van der Waals surface area contributed by atoms with Gasteiger partial charge < -0.3 is 10.0 Å². The fourth-order valence-electron chi connectivity index (χ4n) is 2.61. The second-order valence-corrected chi connectivity index (χ2v) is 5.97. The molecule has 0 aromatic heterocycles. The van der Waals surface area contributed by atoms with E-state index in [0.717, 1.165) is 17.7 Å². The van der Waals surface area contributed by atoms with Crippen LogP contribution in [0.5, 0.6) is 0 Å². The Labute approximate surface area is 148 Å². The summed E-state index contributed by atoms with van der Waals surface area (Å²) in [6.07, 6.45) is -4.43. The fraction of sp³-hybridized carbons (Fsp3) is 0.263. The zero-order chi connectivity index (χ0) is 19.5. The molecule has 0 fully saturated rings. The number of anilines is 1. The summed E-state index contributed by atoms with van der Waals surface area (Å²) in [5.41, 5.74) is 1.03.